The van der Waals surface area contributed by atoms with E-state index in [1.165, 1.54) is 0 Å². The number of amides is 1. The minimum Gasteiger partial charge on any atom is -0.495 e. The number of aromatic nitrogens is 2. The van der Waals surface area contributed by atoms with Crippen LogP contribution in [0.2, 0.25) is 0 Å². The molecule has 0 atom stereocenters. The lowest BCUT2D eigenvalue weighted by atomic mass is 10.1. The zero-order valence-corrected chi connectivity index (χ0v) is 12.0. The lowest BCUT2D eigenvalue weighted by molar-refractivity contribution is -0.116. The van der Waals surface area contributed by atoms with Gasteiger partial charge in [-0.3, -0.25) is 9.89 Å². The van der Waals surface area contributed by atoms with Gasteiger partial charge >= 0.3 is 0 Å². The number of aromatic amines is 1. The average Bonchev–Trinajstić information content (AvgIpc) is 2.76. The summed E-state index contributed by atoms with van der Waals surface area (Å²) in [6.45, 7) is 3.91. The van der Waals surface area contributed by atoms with E-state index in [-0.39, 0.29) is 5.91 Å². The van der Waals surface area contributed by atoms with Gasteiger partial charge in [0, 0.05) is 12.1 Å². The van der Waals surface area contributed by atoms with E-state index < -0.39 is 0 Å². The van der Waals surface area contributed by atoms with Crippen molar-refractivity contribution in [3.05, 3.63) is 41.2 Å². The first kappa shape index (κ1) is 14.1. The second-order valence-electron chi connectivity index (χ2n) is 4.66. The van der Waals surface area contributed by atoms with Crippen molar-refractivity contribution in [2.75, 3.05) is 12.4 Å². The molecule has 0 unspecified atom stereocenters. The highest BCUT2D eigenvalue weighted by atomic mass is 16.5. The highest BCUT2D eigenvalue weighted by molar-refractivity contribution is 5.92. The van der Waals surface area contributed by atoms with Crippen LogP contribution >= 0.6 is 0 Å². The van der Waals surface area contributed by atoms with Crippen LogP contribution in [0.5, 0.6) is 5.75 Å². The summed E-state index contributed by atoms with van der Waals surface area (Å²) in [5.74, 6) is 0.631. The van der Waals surface area contributed by atoms with Gasteiger partial charge in [0.2, 0.25) is 5.91 Å². The Kier molecular flexibility index (Phi) is 4.40. The van der Waals surface area contributed by atoms with Gasteiger partial charge in [0.25, 0.3) is 0 Å². The number of nitrogens with one attached hydrogen (secondary N) is 2. The van der Waals surface area contributed by atoms with Crippen LogP contribution in [0.3, 0.4) is 0 Å². The van der Waals surface area contributed by atoms with Gasteiger partial charge in [0.15, 0.2) is 0 Å². The molecule has 106 valence electrons. The van der Waals surface area contributed by atoms with Gasteiger partial charge in [-0.15, -0.1) is 0 Å². The average molecular weight is 273 g/mol. The molecule has 5 heteroatoms. The van der Waals surface area contributed by atoms with E-state index in [4.69, 9.17) is 4.74 Å². The summed E-state index contributed by atoms with van der Waals surface area (Å²) in [6.07, 6.45) is 1.09. The first-order valence-corrected chi connectivity index (χ1v) is 6.55. The summed E-state index contributed by atoms with van der Waals surface area (Å²) in [4.78, 5) is 12.0. The van der Waals surface area contributed by atoms with Crippen LogP contribution in [0, 0.1) is 13.8 Å². The third kappa shape index (κ3) is 3.17. The van der Waals surface area contributed by atoms with E-state index in [1.807, 2.05) is 38.1 Å². The zero-order chi connectivity index (χ0) is 14.5. The highest BCUT2D eigenvalue weighted by Gasteiger charge is 2.10. The fraction of sp³-hybridized carbons (Fsp3) is 0.333. The van der Waals surface area contributed by atoms with Crippen molar-refractivity contribution in [2.24, 2.45) is 0 Å². The third-order valence-electron chi connectivity index (χ3n) is 3.26. The molecule has 1 aromatic carbocycles. The maximum absolute atomic E-state index is 12.0. The number of anilines is 1. The number of H-pyrrole nitrogens is 1. The molecule has 2 rings (SSSR count). The molecule has 0 radical (unpaired) electrons. The summed E-state index contributed by atoms with van der Waals surface area (Å²) in [5.41, 5.74) is 3.78. The van der Waals surface area contributed by atoms with E-state index in [9.17, 15) is 4.79 Å². The number of aryl methyl sites for hydroxylation is 2. The lowest BCUT2D eigenvalue weighted by Gasteiger charge is -2.09. The van der Waals surface area contributed by atoms with Gasteiger partial charge in [-0.25, -0.2) is 0 Å². The van der Waals surface area contributed by atoms with Crippen molar-refractivity contribution < 1.29 is 9.53 Å². The minimum atomic E-state index is -0.0329. The molecule has 2 N–H and O–H groups in total. The quantitative estimate of drug-likeness (QED) is 0.880. The van der Waals surface area contributed by atoms with Crippen LogP contribution < -0.4 is 10.1 Å². The van der Waals surface area contributed by atoms with Crippen LogP contribution in [0.1, 0.15) is 23.4 Å². The number of hydrogen-bond donors (Lipinski definition) is 2. The molecule has 0 saturated heterocycles. The Morgan fingerprint density at radius 2 is 2.10 bits per heavy atom. The Bertz CT molecular complexity index is 585. The second-order valence-corrected chi connectivity index (χ2v) is 4.66. The summed E-state index contributed by atoms with van der Waals surface area (Å²) in [5, 5.41) is 9.92. The molecule has 2 aromatic rings. The molecular formula is C15H19N3O2. The van der Waals surface area contributed by atoms with E-state index >= 15 is 0 Å². The first-order valence-electron chi connectivity index (χ1n) is 6.55. The molecule has 0 aliphatic carbocycles. The fourth-order valence-electron chi connectivity index (χ4n) is 2.14. The second kappa shape index (κ2) is 6.23. The predicted octanol–water partition coefficient (Wildman–Crippen LogP) is 2.61. The number of ether oxygens (including phenoxy) is 1. The summed E-state index contributed by atoms with van der Waals surface area (Å²) >= 11 is 0. The molecule has 1 amide bonds. The monoisotopic (exact) mass is 273 g/mol. The van der Waals surface area contributed by atoms with Gasteiger partial charge in [0.1, 0.15) is 5.75 Å². The van der Waals surface area contributed by atoms with E-state index in [0.717, 1.165) is 17.0 Å². The molecule has 0 aliphatic heterocycles. The summed E-state index contributed by atoms with van der Waals surface area (Å²) in [7, 11) is 1.59. The largest absolute Gasteiger partial charge is 0.495 e. The van der Waals surface area contributed by atoms with Crippen LogP contribution in [0.4, 0.5) is 5.69 Å². The van der Waals surface area contributed by atoms with Gasteiger partial charge in [-0.1, -0.05) is 12.1 Å². The summed E-state index contributed by atoms with van der Waals surface area (Å²) < 4.78 is 5.21. The van der Waals surface area contributed by atoms with E-state index in [0.29, 0.717) is 24.3 Å². The minimum absolute atomic E-state index is 0.0329. The molecule has 0 saturated carbocycles. The summed E-state index contributed by atoms with van der Waals surface area (Å²) in [6, 6.07) is 7.38. The molecule has 20 heavy (non-hydrogen) atoms. The van der Waals surface area contributed by atoms with Gasteiger partial charge in [-0.05, 0) is 38.0 Å². The number of benzene rings is 1. The van der Waals surface area contributed by atoms with Crippen molar-refractivity contribution in [3.8, 4) is 5.75 Å². The molecule has 5 nitrogen and oxygen atoms in total. The van der Waals surface area contributed by atoms with Crippen molar-refractivity contribution in [1.82, 2.24) is 10.2 Å². The molecule has 0 fully saturated rings. The Morgan fingerprint density at radius 3 is 2.75 bits per heavy atom. The number of hydrogen-bond acceptors (Lipinski definition) is 3. The Morgan fingerprint density at radius 1 is 1.35 bits per heavy atom. The van der Waals surface area contributed by atoms with Crippen molar-refractivity contribution >= 4 is 11.6 Å². The number of para-hydroxylation sites is 2. The molecule has 1 heterocycles. The standard InChI is InChI=1S/C15H19N3O2/c1-10-12(11(2)18-17-10)8-9-15(19)16-13-6-4-5-7-14(13)20-3/h4-7H,8-9H2,1-3H3,(H,16,19)(H,17,18). The number of methoxy groups -OCH3 is 1. The van der Waals surface area contributed by atoms with Crippen LogP contribution in [-0.2, 0) is 11.2 Å². The highest BCUT2D eigenvalue weighted by Crippen LogP contribution is 2.23. The van der Waals surface area contributed by atoms with Crippen LogP contribution in [0.15, 0.2) is 24.3 Å². The smallest absolute Gasteiger partial charge is 0.224 e. The van der Waals surface area contributed by atoms with E-state index in [2.05, 4.69) is 15.5 Å². The van der Waals surface area contributed by atoms with Gasteiger partial charge in [0.05, 0.1) is 18.5 Å². The van der Waals surface area contributed by atoms with Crippen molar-refractivity contribution in [3.63, 3.8) is 0 Å². The van der Waals surface area contributed by atoms with Gasteiger partial charge < -0.3 is 10.1 Å². The Balaban J connectivity index is 1.96. The normalized spacial score (nSPS) is 10.3. The maximum Gasteiger partial charge on any atom is 0.224 e. The third-order valence-corrected chi connectivity index (χ3v) is 3.26. The van der Waals surface area contributed by atoms with Crippen molar-refractivity contribution in [2.45, 2.75) is 26.7 Å². The SMILES string of the molecule is COc1ccccc1NC(=O)CCc1c(C)n[nH]c1C. The van der Waals surface area contributed by atoms with Crippen molar-refractivity contribution in [1.29, 1.82) is 0 Å². The maximum atomic E-state index is 12.0. The fourth-order valence-corrected chi connectivity index (χ4v) is 2.14. The zero-order valence-electron chi connectivity index (χ0n) is 12.0. The molecule has 0 spiro atoms. The number of rotatable bonds is 5. The molecule has 0 bridgehead atoms. The number of carbonyl (C=O) groups is 1. The topological polar surface area (TPSA) is 67.0 Å². The first-order chi connectivity index (χ1) is 9.61. The number of nitrogens with zero attached hydrogens (tertiary/aromatic N) is 1. The number of carbonyl (C=O) groups excluding carboxylic acids is 1. The van der Waals surface area contributed by atoms with Gasteiger partial charge in [-0.2, -0.15) is 5.10 Å². The lowest BCUT2D eigenvalue weighted by Crippen LogP contribution is -2.13. The molecular weight excluding hydrogens is 254 g/mol. The van der Waals surface area contributed by atoms with Crippen LogP contribution in [0.25, 0.3) is 0 Å². The van der Waals surface area contributed by atoms with Crippen LogP contribution in [-0.4, -0.2) is 23.2 Å². The molecule has 0 aliphatic rings. The Hall–Kier alpha value is -2.30. The van der Waals surface area contributed by atoms with E-state index in [1.54, 1.807) is 7.11 Å². The molecule has 1 aromatic heterocycles. The predicted molar refractivity (Wildman–Crippen MR) is 78.0 cm³/mol. The Labute approximate surface area is 118 Å².